The molecule has 21 heavy (non-hydrogen) atoms. The van der Waals surface area contributed by atoms with Gasteiger partial charge in [-0.3, -0.25) is 4.79 Å². The molecule has 1 aliphatic rings. The first-order valence-electron chi connectivity index (χ1n) is 7.56. The number of para-hydroxylation sites is 1. The first-order chi connectivity index (χ1) is 9.84. The van der Waals surface area contributed by atoms with E-state index < -0.39 is 0 Å². The lowest BCUT2D eigenvalue weighted by Gasteiger charge is -2.38. The van der Waals surface area contributed by atoms with Crippen LogP contribution in [0, 0.1) is 11.3 Å². The normalized spacial score (nSPS) is 16.9. The van der Waals surface area contributed by atoms with E-state index in [0.717, 1.165) is 25.9 Å². The van der Waals surface area contributed by atoms with Crippen LogP contribution in [0.25, 0.3) is 0 Å². The van der Waals surface area contributed by atoms with Crippen molar-refractivity contribution in [2.45, 2.75) is 33.6 Å². The third-order valence-corrected chi connectivity index (χ3v) is 4.52. The highest BCUT2D eigenvalue weighted by atomic mass is 16.5. The number of piperidine rings is 1. The molecule has 1 aromatic rings. The molecule has 1 fully saturated rings. The molecule has 0 atom stereocenters. The maximum Gasteiger partial charge on any atom is 0.256 e. The van der Waals surface area contributed by atoms with Crippen molar-refractivity contribution < 1.29 is 9.53 Å². The lowest BCUT2D eigenvalue weighted by atomic mass is 9.75. The summed E-state index contributed by atoms with van der Waals surface area (Å²) < 4.78 is 5.19. The molecule has 4 nitrogen and oxygen atoms in total. The number of benzene rings is 1. The van der Waals surface area contributed by atoms with Gasteiger partial charge in [-0.15, -0.1) is 0 Å². The number of nitrogen functional groups attached to an aromatic ring is 1. The average Bonchev–Trinajstić information content (AvgIpc) is 2.46. The van der Waals surface area contributed by atoms with Gasteiger partial charge in [0, 0.05) is 13.1 Å². The first-order valence-corrected chi connectivity index (χ1v) is 7.56. The van der Waals surface area contributed by atoms with E-state index in [1.807, 2.05) is 11.0 Å². The summed E-state index contributed by atoms with van der Waals surface area (Å²) in [6.07, 6.45) is 2.11. The van der Waals surface area contributed by atoms with Crippen LogP contribution in [0.4, 0.5) is 5.69 Å². The van der Waals surface area contributed by atoms with E-state index in [0.29, 0.717) is 28.3 Å². The number of amides is 1. The van der Waals surface area contributed by atoms with Crippen LogP contribution in [-0.4, -0.2) is 31.0 Å². The molecule has 1 aliphatic heterocycles. The summed E-state index contributed by atoms with van der Waals surface area (Å²) in [6.45, 7) is 8.43. The maximum absolute atomic E-state index is 12.6. The Labute approximate surface area is 127 Å². The van der Waals surface area contributed by atoms with Crippen molar-refractivity contribution in [3.05, 3.63) is 23.8 Å². The molecule has 2 N–H and O–H groups in total. The molecule has 0 aromatic heterocycles. The Morgan fingerprint density at radius 2 is 1.90 bits per heavy atom. The first kappa shape index (κ1) is 15.7. The summed E-state index contributed by atoms with van der Waals surface area (Å²) in [5.74, 6) is 1.24. The Kier molecular flexibility index (Phi) is 4.45. The molecule has 0 bridgehead atoms. The Bertz CT molecular complexity index is 512. The van der Waals surface area contributed by atoms with Crippen molar-refractivity contribution in [2.75, 3.05) is 25.9 Å². The number of methoxy groups -OCH3 is 1. The molecular weight excluding hydrogens is 264 g/mol. The number of hydrogen-bond acceptors (Lipinski definition) is 3. The minimum atomic E-state index is 0.0127. The van der Waals surface area contributed by atoms with Gasteiger partial charge < -0.3 is 15.4 Å². The predicted molar refractivity (Wildman–Crippen MR) is 85.5 cm³/mol. The Hall–Kier alpha value is -1.71. The second-order valence-corrected chi connectivity index (χ2v) is 6.85. The lowest BCUT2D eigenvalue weighted by molar-refractivity contribution is 0.0609. The molecular formula is C17H26N2O2. The molecule has 1 amide bonds. The van der Waals surface area contributed by atoms with Gasteiger partial charge in [-0.25, -0.2) is 0 Å². The Balaban J connectivity index is 2.09. The minimum Gasteiger partial charge on any atom is -0.495 e. The van der Waals surface area contributed by atoms with Gasteiger partial charge in [-0.1, -0.05) is 26.8 Å². The fourth-order valence-corrected chi connectivity index (χ4v) is 3.03. The van der Waals surface area contributed by atoms with Gasteiger partial charge >= 0.3 is 0 Å². The third-order valence-electron chi connectivity index (χ3n) is 4.52. The molecule has 2 rings (SSSR count). The fourth-order valence-electron chi connectivity index (χ4n) is 3.03. The molecule has 0 unspecified atom stereocenters. The SMILES string of the molecule is COc1cccc(C(=O)N2CCC(C(C)(C)C)CC2)c1N. The van der Waals surface area contributed by atoms with E-state index in [1.54, 1.807) is 19.2 Å². The molecule has 4 heteroatoms. The van der Waals surface area contributed by atoms with Crippen LogP contribution < -0.4 is 10.5 Å². The van der Waals surface area contributed by atoms with E-state index in [9.17, 15) is 4.79 Å². The topological polar surface area (TPSA) is 55.6 Å². The summed E-state index contributed by atoms with van der Waals surface area (Å²) in [6, 6.07) is 5.36. The van der Waals surface area contributed by atoms with Gasteiger partial charge in [0.1, 0.15) is 5.75 Å². The van der Waals surface area contributed by atoms with Crippen molar-refractivity contribution >= 4 is 11.6 Å². The number of rotatable bonds is 2. The van der Waals surface area contributed by atoms with E-state index in [-0.39, 0.29) is 5.91 Å². The van der Waals surface area contributed by atoms with Crippen molar-refractivity contribution in [1.82, 2.24) is 4.90 Å². The summed E-state index contributed by atoms with van der Waals surface area (Å²) in [5.41, 5.74) is 7.31. The minimum absolute atomic E-state index is 0.0127. The van der Waals surface area contributed by atoms with Crippen molar-refractivity contribution in [2.24, 2.45) is 11.3 Å². The molecule has 0 radical (unpaired) electrons. The lowest BCUT2D eigenvalue weighted by Crippen LogP contribution is -2.41. The Morgan fingerprint density at radius 1 is 1.29 bits per heavy atom. The third kappa shape index (κ3) is 3.31. The van der Waals surface area contributed by atoms with Gasteiger partial charge in [0.25, 0.3) is 5.91 Å². The quantitative estimate of drug-likeness (QED) is 0.851. The average molecular weight is 290 g/mol. The van der Waals surface area contributed by atoms with Gasteiger partial charge in [0.2, 0.25) is 0 Å². The van der Waals surface area contributed by atoms with Gasteiger partial charge in [-0.2, -0.15) is 0 Å². The number of hydrogen-bond donors (Lipinski definition) is 1. The highest BCUT2D eigenvalue weighted by molar-refractivity contribution is 6.00. The molecule has 0 spiro atoms. The van der Waals surface area contributed by atoms with Crippen LogP contribution in [0.5, 0.6) is 5.75 Å². The molecule has 1 heterocycles. The van der Waals surface area contributed by atoms with Gasteiger partial charge in [0.05, 0.1) is 18.4 Å². The molecule has 1 saturated heterocycles. The highest BCUT2D eigenvalue weighted by Gasteiger charge is 2.31. The predicted octanol–water partition coefficient (Wildman–Crippen LogP) is 3.18. The van der Waals surface area contributed by atoms with Crippen LogP contribution in [0.15, 0.2) is 18.2 Å². The van der Waals surface area contributed by atoms with E-state index in [2.05, 4.69) is 20.8 Å². The zero-order valence-corrected chi connectivity index (χ0v) is 13.5. The number of nitrogens with two attached hydrogens (primary N) is 1. The van der Waals surface area contributed by atoms with Crippen molar-refractivity contribution in [3.8, 4) is 5.75 Å². The smallest absolute Gasteiger partial charge is 0.256 e. The maximum atomic E-state index is 12.6. The monoisotopic (exact) mass is 290 g/mol. The van der Waals surface area contributed by atoms with Crippen LogP contribution in [0.1, 0.15) is 44.0 Å². The van der Waals surface area contributed by atoms with Crippen LogP contribution in [0.3, 0.4) is 0 Å². The summed E-state index contributed by atoms with van der Waals surface area (Å²) in [7, 11) is 1.56. The van der Waals surface area contributed by atoms with E-state index in [1.165, 1.54) is 0 Å². The van der Waals surface area contributed by atoms with Crippen molar-refractivity contribution in [3.63, 3.8) is 0 Å². The zero-order valence-electron chi connectivity index (χ0n) is 13.5. The number of ether oxygens (including phenoxy) is 1. The standard InChI is InChI=1S/C17H26N2O2/c1-17(2,3)12-8-10-19(11-9-12)16(20)13-6-5-7-14(21-4)15(13)18/h5-7,12H,8-11,18H2,1-4H3. The number of nitrogens with zero attached hydrogens (tertiary/aromatic N) is 1. The highest BCUT2D eigenvalue weighted by Crippen LogP contribution is 2.35. The second-order valence-electron chi connectivity index (χ2n) is 6.85. The molecule has 116 valence electrons. The summed E-state index contributed by atoms with van der Waals surface area (Å²) in [4.78, 5) is 14.5. The van der Waals surface area contributed by atoms with Crippen molar-refractivity contribution in [1.29, 1.82) is 0 Å². The van der Waals surface area contributed by atoms with E-state index >= 15 is 0 Å². The molecule has 1 aromatic carbocycles. The Morgan fingerprint density at radius 3 is 2.43 bits per heavy atom. The van der Waals surface area contributed by atoms with Gasteiger partial charge in [0.15, 0.2) is 0 Å². The molecule has 0 saturated carbocycles. The number of anilines is 1. The van der Waals surface area contributed by atoms with Crippen LogP contribution in [0.2, 0.25) is 0 Å². The number of carbonyl (C=O) groups excluding carboxylic acids is 1. The van der Waals surface area contributed by atoms with E-state index in [4.69, 9.17) is 10.5 Å². The zero-order chi connectivity index (χ0) is 15.6. The number of carbonyl (C=O) groups is 1. The number of likely N-dealkylation sites (tertiary alicyclic amines) is 1. The second kappa shape index (κ2) is 5.96. The largest absolute Gasteiger partial charge is 0.495 e. The fraction of sp³-hybridized carbons (Fsp3) is 0.588. The summed E-state index contributed by atoms with van der Waals surface area (Å²) >= 11 is 0. The molecule has 0 aliphatic carbocycles. The summed E-state index contributed by atoms with van der Waals surface area (Å²) in [5, 5.41) is 0. The van der Waals surface area contributed by atoms with Crippen LogP contribution >= 0.6 is 0 Å². The van der Waals surface area contributed by atoms with Crippen LogP contribution in [-0.2, 0) is 0 Å². The van der Waals surface area contributed by atoms with Gasteiger partial charge in [-0.05, 0) is 36.3 Å².